The molecule has 4 aliphatic rings. The normalized spacial score (nSPS) is 49.3. The summed E-state index contributed by atoms with van der Waals surface area (Å²) in [5.41, 5.74) is 5.91. The topological polar surface area (TPSA) is 35.2 Å². The van der Waals surface area contributed by atoms with Crippen molar-refractivity contribution in [1.82, 2.24) is 0 Å². The molecule has 0 aromatic carbocycles. The molecule has 0 aromatic heterocycles. The second-order valence-electron chi connectivity index (χ2n) is 6.68. The Morgan fingerprint density at radius 3 is 1.94 bits per heavy atom. The largest absolute Gasteiger partial charge is 0.377 e. The maximum Gasteiger partial charge on any atom is 0.0805 e. The van der Waals surface area contributed by atoms with Crippen LogP contribution < -0.4 is 5.73 Å². The van der Waals surface area contributed by atoms with Crippen LogP contribution in [0.4, 0.5) is 0 Å². The lowest BCUT2D eigenvalue weighted by molar-refractivity contribution is -0.145. The average molecular weight is 223 g/mol. The summed E-state index contributed by atoms with van der Waals surface area (Å²) in [5.74, 6) is 4.63. The summed E-state index contributed by atoms with van der Waals surface area (Å²) >= 11 is 0. The van der Waals surface area contributed by atoms with Crippen molar-refractivity contribution < 1.29 is 4.74 Å². The molecule has 4 fully saturated rings. The van der Waals surface area contributed by atoms with Crippen molar-refractivity contribution in [3.05, 3.63) is 0 Å². The van der Waals surface area contributed by atoms with E-state index in [1.165, 1.54) is 32.1 Å². The van der Waals surface area contributed by atoms with Crippen LogP contribution >= 0.6 is 0 Å². The molecule has 4 aliphatic carbocycles. The van der Waals surface area contributed by atoms with Gasteiger partial charge in [0.25, 0.3) is 0 Å². The van der Waals surface area contributed by atoms with Crippen LogP contribution in [0.3, 0.4) is 0 Å². The third kappa shape index (κ3) is 1.46. The summed E-state index contributed by atoms with van der Waals surface area (Å²) in [6.07, 6.45) is 7.34. The molecule has 2 nitrogen and oxygen atoms in total. The van der Waals surface area contributed by atoms with Crippen LogP contribution in [0.1, 0.15) is 39.0 Å². The molecular formula is C14H25NO. The highest BCUT2D eigenvalue weighted by Gasteiger charge is 2.53. The number of nitrogens with two attached hydrogens (primary N) is 1. The SMILES string of the molecule is COC(C)(CN)C1C2CC3CC(C2)CC1C3. The molecule has 0 aliphatic heterocycles. The fraction of sp³-hybridized carbons (Fsp3) is 1.00. The lowest BCUT2D eigenvalue weighted by Crippen LogP contribution is -2.57. The molecule has 2 heteroatoms. The van der Waals surface area contributed by atoms with Crippen molar-refractivity contribution in [2.24, 2.45) is 35.3 Å². The first-order valence-electron chi connectivity index (χ1n) is 6.91. The van der Waals surface area contributed by atoms with Gasteiger partial charge in [-0.15, -0.1) is 0 Å². The lowest BCUT2D eigenvalue weighted by atomic mass is 9.49. The van der Waals surface area contributed by atoms with Crippen LogP contribution in [0.25, 0.3) is 0 Å². The molecule has 0 radical (unpaired) electrons. The van der Waals surface area contributed by atoms with E-state index in [-0.39, 0.29) is 5.60 Å². The zero-order valence-electron chi connectivity index (χ0n) is 10.6. The Morgan fingerprint density at radius 1 is 1.06 bits per heavy atom. The van der Waals surface area contributed by atoms with E-state index in [0.717, 1.165) is 29.6 Å². The molecule has 0 spiro atoms. The van der Waals surface area contributed by atoms with Gasteiger partial charge in [-0.1, -0.05) is 0 Å². The summed E-state index contributed by atoms with van der Waals surface area (Å²) in [4.78, 5) is 0. The predicted octanol–water partition coefficient (Wildman–Crippen LogP) is 2.42. The van der Waals surface area contributed by atoms with Crippen LogP contribution in [0, 0.1) is 29.6 Å². The van der Waals surface area contributed by atoms with Gasteiger partial charge in [0, 0.05) is 13.7 Å². The molecule has 4 bridgehead atoms. The number of hydrogen-bond acceptors (Lipinski definition) is 2. The molecule has 16 heavy (non-hydrogen) atoms. The predicted molar refractivity (Wildman–Crippen MR) is 65.0 cm³/mol. The van der Waals surface area contributed by atoms with Gasteiger partial charge in [0.15, 0.2) is 0 Å². The van der Waals surface area contributed by atoms with E-state index in [1.807, 2.05) is 7.11 Å². The smallest absolute Gasteiger partial charge is 0.0805 e. The minimum Gasteiger partial charge on any atom is -0.377 e. The molecule has 0 aromatic rings. The Balaban J connectivity index is 1.86. The molecule has 92 valence electrons. The monoisotopic (exact) mass is 223 g/mol. The van der Waals surface area contributed by atoms with Crippen molar-refractivity contribution in [3.8, 4) is 0 Å². The van der Waals surface area contributed by atoms with E-state index in [4.69, 9.17) is 10.5 Å². The molecule has 4 rings (SSSR count). The van der Waals surface area contributed by atoms with E-state index < -0.39 is 0 Å². The van der Waals surface area contributed by atoms with Crippen molar-refractivity contribution in [1.29, 1.82) is 0 Å². The van der Waals surface area contributed by atoms with Gasteiger partial charge in [-0.25, -0.2) is 0 Å². The van der Waals surface area contributed by atoms with Crippen LogP contribution in [-0.4, -0.2) is 19.3 Å². The Labute approximate surface area is 98.9 Å². The Morgan fingerprint density at radius 2 is 1.56 bits per heavy atom. The maximum atomic E-state index is 5.97. The minimum atomic E-state index is -0.0669. The van der Waals surface area contributed by atoms with Gasteiger partial charge in [-0.05, 0) is 68.6 Å². The van der Waals surface area contributed by atoms with Crippen molar-refractivity contribution >= 4 is 0 Å². The molecule has 0 amide bonds. The molecule has 1 atom stereocenters. The third-order valence-corrected chi connectivity index (χ3v) is 5.80. The van der Waals surface area contributed by atoms with Gasteiger partial charge < -0.3 is 10.5 Å². The van der Waals surface area contributed by atoms with E-state index in [1.54, 1.807) is 0 Å². The number of hydrogen-bond donors (Lipinski definition) is 1. The van der Waals surface area contributed by atoms with Gasteiger partial charge in [0.2, 0.25) is 0 Å². The second-order valence-corrected chi connectivity index (χ2v) is 6.68. The summed E-state index contributed by atoms with van der Waals surface area (Å²) in [6.45, 7) is 2.91. The molecular weight excluding hydrogens is 198 g/mol. The van der Waals surface area contributed by atoms with Crippen LogP contribution in [-0.2, 0) is 4.74 Å². The fourth-order valence-corrected chi connectivity index (χ4v) is 5.28. The Hall–Kier alpha value is -0.0800. The first-order valence-corrected chi connectivity index (χ1v) is 6.91. The lowest BCUT2D eigenvalue weighted by Gasteiger charge is -2.58. The van der Waals surface area contributed by atoms with Crippen molar-refractivity contribution in [3.63, 3.8) is 0 Å². The zero-order valence-corrected chi connectivity index (χ0v) is 10.6. The molecule has 4 saturated carbocycles. The average Bonchev–Trinajstić information content (AvgIpc) is 2.27. The van der Waals surface area contributed by atoms with Gasteiger partial charge in [-0.2, -0.15) is 0 Å². The highest BCUT2D eigenvalue weighted by Crippen LogP contribution is 2.59. The number of rotatable bonds is 3. The number of ether oxygens (including phenoxy) is 1. The van der Waals surface area contributed by atoms with Crippen molar-refractivity contribution in [2.45, 2.75) is 44.6 Å². The first-order chi connectivity index (χ1) is 7.66. The summed E-state index contributed by atoms with van der Waals surface area (Å²) in [6, 6.07) is 0. The van der Waals surface area contributed by atoms with E-state index in [9.17, 15) is 0 Å². The Bertz CT molecular complexity index is 244. The maximum absolute atomic E-state index is 5.97. The quantitative estimate of drug-likeness (QED) is 0.797. The number of methoxy groups -OCH3 is 1. The van der Waals surface area contributed by atoms with Crippen molar-refractivity contribution in [2.75, 3.05) is 13.7 Å². The van der Waals surface area contributed by atoms with E-state index in [0.29, 0.717) is 6.54 Å². The summed E-state index contributed by atoms with van der Waals surface area (Å²) in [7, 11) is 1.85. The van der Waals surface area contributed by atoms with E-state index in [2.05, 4.69) is 6.92 Å². The highest BCUT2D eigenvalue weighted by molar-refractivity contribution is 5.04. The Kier molecular flexibility index (Phi) is 2.56. The van der Waals surface area contributed by atoms with E-state index >= 15 is 0 Å². The third-order valence-electron chi connectivity index (χ3n) is 5.80. The van der Waals surface area contributed by atoms with Crippen LogP contribution in [0.5, 0.6) is 0 Å². The molecule has 0 heterocycles. The van der Waals surface area contributed by atoms with Gasteiger partial charge in [-0.3, -0.25) is 0 Å². The first kappa shape index (κ1) is 11.0. The summed E-state index contributed by atoms with van der Waals surface area (Å²) in [5, 5.41) is 0. The molecule has 0 saturated heterocycles. The van der Waals surface area contributed by atoms with Crippen LogP contribution in [0.15, 0.2) is 0 Å². The second kappa shape index (κ2) is 3.71. The van der Waals surface area contributed by atoms with Gasteiger partial charge in [0.1, 0.15) is 0 Å². The van der Waals surface area contributed by atoms with Crippen LogP contribution in [0.2, 0.25) is 0 Å². The minimum absolute atomic E-state index is 0.0669. The molecule has 2 N–H and O–H groups in total. The molecule has 1 unspecified atom stereocenters. The summed E-state index contributed by atoms with van der Waals surface area (Å²) < 4.78 is 5.79. The van der Waals surface area contributed by atoms with Gasteiger partial charge >= 0.3 is 0 Å². The highest BCUT2D eigenvalue weighted by atomic mass is 16.5. The fourth-order valence-electron chi connectivity index (χ4n) is 5.28. The zero-order chi connectivity index (χ0) is 11.3. The van der Waals surface area contributed by atoms with Gasteiger partial charge in [0.05, 0.1) is 5.60 Å². The standard InChI is InChI=1S/C14H25NO/c1-14(8-15,16-2)13-11-4-9-3-10(6-11)7-12(13)5-9/h9-13H,3-8,15H2,1-2H3.